The smallest absolute Gasteiger partial charge is 0.326 e. The Morgan fingerprint density at radius 1 is 1.21 bits per heavy atom. The molecule has 0 bridgehead atoms. The molecule has 3 atom stereocenters. The molecular weight excluding hydrogens is 513 g/mol. The molecule has 1 fully saturated rings. The zero-order valence-corrected chi connectivity index (χ0v) is 23.9. The summed E-state index contributed by atoms with van der Waals surface area (Å²) in [6, 6.07) is -0.896. The fourth-order valence-electron chi connectivity index (χ4n) is 3.74. The summed E-state index contributed by atoms with van der Waals surface area (Å²) in [7, 11) is -3.68. The molecule has 0 radical (unpaired) electrons. The Kier molecular flexibility index (Phi) is 9.85. The number of carbonyl (C=O) groups is 2. The number of nitrogens with two attached hydrogens (primary N) is 1. The van der Waals surface area contributed by atoms with Crippen LogP contribution in [0.4, 0.5) is 5.82 Å². The van der Waals surface area contributed by atoms with Gasteiger partial charge in [0.1, 0.15) is 35.9 Å². The van der Waals surface area contributed by atoms with Gasteiger partial charge in [-0.3, -0.25) is 14.2 Å². The molecule has 2 heterocycles. The summed E-state index contributed by atoms with van der Waals surface area (Å²) in [6.07, 6.45) is 4.75. The van der Waals surface area contributed by atoms with Gasteiger partial charge in [0.25, 0.3) is 0 Å². The van der Waals surface area contributed by atoms with E-state index in [0.717, 1.165) is 19.3 Å². The Morgan fingerprint density at radius 3 is 2.55 bits per heavy atom. The zero-order valence-electron chi connectivity index (χ0n) is 23.0. The monoisotopic (exact) mass is 553 g/mol. The van der Waals surface area contributed by atoms with Crippen LogP contribution in [0.25, 0.3) is 11.2 Å². The van der Waals surface area contributed by atoms with Gasteiger partial charge in [0.05, 0.1) is 25.6 Å². The Morgan fingerprint density at radius 2 is 1.92 bits per heavy atom. The predicted molar refractivity (Wildman–Crippen MR) is 142 cm³/mol. The highest BCUT2D eigenvalue weighted by Crippen LogP contribution is 2.40. The maximum Gasteiger partial charge on any atom is 0.326 e. The van der Waals surface area contributed by atoms with E-state index < -0.39 is 37.1 Å². The van der Waals surface area contributed by atoms with Crippen molar-refractivity contribution in [2.45, 2.75) is 91.1 Å². The summed E-state index contributed by atoms with van der Waals surface area (Å²) in [4.78, 5) is 37.8. The van der Waals surface area contributed by atoms with Crippen LogP contribution in [0.15, 0.2) is 12.7 Å². The number of fused-ring (bicyclic) bond motifs is 1. The van der Waals surface area contributed by atoms with E-state index in [4.69, 9.17) is 19.9 Å². The van der Waals surface area contributed by atoms with Crippen molar-refractivity contribution >= 4 is 36.4 Å². The first-order valence-electron chi connectivity index (χ1n) is 12.9. The number of hydrogen-bond acceptors (Lipinski definition) is 10. The molecule has 1 saturated carbocycles. The lowest BCUT2D eigenvalue weighted by molar-refractivity contribution is -0.154. The average Bonchev–Trinajstić information content (AvgIpc) is 3.21. The highest BCUT2D eigenvalue weighted by atomic mass is 31.2. The minimum Gasteiger partial charge on any atom is -0.464 e. The van der Waals surface area contributed by atoms with Crippen molar-refractivity contribution < 1.29 is 28.4 Å². The minimum atomic E-state index is -3.68. The van der Waals surface area contributed by atoms with Crippen molar-refractivity contribution in [3.05, 3.63) is 12.7 Å². The van der Waals surface area contributed by atoms with E-state index in [9.17, 15) is 14.2 Å². The van der Waals surface area contributed by atoms with Crippen molar-refractivity contribution in [3.8, 4) is 0 Å². The number of ether oxygens (including phenoxy) is 3. The summed E-state index contributed by atoms with van der Waals surface area (Å²) in [5.74, 6) is -0.653. The molecule has 14 heteroatoms. The Bertz CT molecular complexity index is 1170. The molecule has 0 saturated heterocycles. The van der Waals surface area contributed by atoms with Crippen LogP contribution >= 0.6 is 7.44 Å². The number of carbonyl (C=O) groups excluding carboxylic acids is 2. The summed E-state index contributed by atoms with van der Waals surface area (Å²) < 4.78 is 32.7. The van der Waals surface area contributed by atoms with Crippen molar-refractivity contribution in [2.75, 3.05) is 18.7 Å². The average molecular weight is 554 g/mol. The minimum absolute atomic E-state index is 0.110. The quantitative estimate of drug-likeness (QED) is 0.231. The van der Waals surface area contributed by atoms with Crippen LogP contribution < -0.4 is 15.9 Å². The Hall–Kier alpha value is -2.60. The molecule has 2 aromatic heterocycles. The highest BCUT2D eigenvalue weighted by molar-refractivity contribution is 7.59. The van der Waals surface area contributed by atoms with E-state index in [1.54, 1.807) is 38.6 Å². The second kappa shape index (κ2) is 12.5. The SMILES string of the molecule is CC(C)COC(=O)C(C)(C)N[P@](=O)(CO[C@H](C)Cn1cnc2c(N)ncnc21)N[C@H](C)C(=O)OC1CCC1. The van der Waals surface area contributed by atoms with Gasteiger partial charge in [-0.25, -0.2) is 25.1 Å². The fourth-order valence-corrected chi connectivity index (χ4v) is 6.13. The van der Waals surface area contributed by atoms with Crippen LogP contribution in [-0.2, 0) is 34.9 Å². The first-order chi connectivity index (χ1) is 17.8. The normalized spacial score (nSPS) is 17.6. The number of rotatable bonds is 14. The number of anilines is 1. The molecule has 4 N–H and O–H groups in total. The van der Waals surface area contributed by atoms with Crippen LogP contribution in [0.1, 0.15) is 60.8 Å². The third-order valence-electron chi connectivity index (χ3n) is 6.03. The number of aromatic nitrogens is 4. The van der Waals surface area contributed by atoms with Gasteiger partial charge in [0.2, 0.25) is 7.44 Å². The maximum atomic E-state index is 14.1. The third-order valence-corrected chi connectivity index (χ3v) is 8.27. The van der Waals surface area contributed by atoms with E-state index in [1.807, 2.05) is 13.8 Å². The van der Waals surface area contributed by atoms with Crippen molar-refractivity contribution in [1.29, 1.82) is 0 Å². The van der Waals surface area contributed by atoms with E-state index in [1.165, 1.54) is 6.33 Å². The van der Waals surface area contributed by atoms with E-state index in [2.05, 4.69) is 25.1 Å². The molecule has 0 unspecified atom stereocenters. The summed E-state index contributed by atoms with van der Waals surface area (Å²) in [6.45, 7) is 10.9. The second-order valence-corrected chi connectivity index (χ2v) is 13.0. The van der Waals surface area contributed by atoms with E-state index in [0.29, 0.717) is 17.7 Å². The molecule has 0 spiro atoms. The van der Waals surface area contributed by atoms with Gasteiger partial charge in [0.15, 0.2) is 11.5 Å². The second-order valence-electron chi connectivity index (χ2n) is 10.7. The topological polar surface area (TPSA) is 173 Å². The first-order valence-corrected chi connectivity index (χ1v) is 14.8. The Balaban J connectivity index is 1.70. The van der Waals surface area contributed by atoms with Gasteiger partial charge in [0, 0.05) is 0 Å². The van der Waals surface area contributed by atoms with Crippen LogP contribution in [0.5, 0.6) is 0 Å². The molecular formula is C24H40N7O6P. The lowest BCUT2D eigenvalue weighted by Gasteiger charge is -2.33. The maximum absolute atomic E-state index is 14.1. The number of nitrogens with one attached hydrogen (secondary N) is 2. The number of nitrogen functional groups attached to an aromatic ring is 1. The Labute approximate surface area is 223 Å². The molecule has 38 heavy (non-hydrogen) atoms. The molecule has 1 aliphatic carbocycles. The van der Waals surface area contributed by atoms with E-state index >= 15 is 0 Å². The lowest BCUT2D eigenvalue weighted by atomic mass is 9.96. The lowest BCUT2D eigenvalue weighted by Crippen LogP contribution is -2.50. The summed E-state index contributed by atoms with van der Waals surface area (Å²) >= 11 is 0. The number of imidazole rings is 1. The number of nitrogens with zero attached hydrogens (tertiary/aromatic N) is 4. The van der Waals surface area contributed by atoms with Crippen molar-refractivity contribution in [1.82, 2.24) is 29.7 Å². The van der Waals surface area contributed by atoms with Crippen LogP contribution in [0.2, 0.25) is 0 Å². The van der Waals surface area contributed by atoms with Crippen LogP contribution in [-0.4, -0.2) is 68.2 Å². The van der Waals surface area contributed by atoms with Gasteiger partial charge >= 0.3 is 11.9 Å². The molecule has 0 amide bonds. The molecule has 3 rings (SSSR count). The third kappa shape index (κ3) is 7.95. The molecule has 1 aliphatic rings. The standard InChI is InChI=1S/C24H40N7O6P/c1-15(2)11-35-23(33)24(5,6)30-38(34,29-17(4)22(32)37-18-8-7-9-18)14-36-16(3)10-31-13-28-19-20(25)26-12-27-21(19)31/h12-13,15-18H,7-11,14H2,1-6H3,(H2,25,26,27)(H2,29,30,34)/t16-,17-,38+/m1/s1. The highest BCUT2D eigenvalue weighted by Gasteiger charge is 2.40. The van der Waals surface area contributed by atoms with Crippen molar-refractivity contribution in [3.63, 3.8) is 0 Å². The van der Waals surface area contributed by atoms with E-state index in [-0.39, 0.29) is 30.8 Å². The predicted octanol–water partition coefficient (Wildman–Crippen LogP) is 2.61. The van der Waals surface area contributed by atoms with Gasteiger partial charge in [-0.15, -0.1) is 0 Å². The largest absolute Gasteiger partial charge is 0.464 e. The van der Waals surface area contributed by atoms with Gasteiger partial charge < -0.3 is 24.5 Å². The molecule has 0 aliphatic heterocycles. The first kappa shape index (κ1) is 29.9. The molecule has 13 nitrogen and oxygen atoms in total. The molecule has 2 aromatic rings. The summed E-state index contributed by atoms with van der Waals surface area (Å²) in [5, 5.41) is 5.75. The van der Waals surface area contributed by atoms with Gasteiger partial charge in [-0.1, -0.05) is 13.8 Å². The number of hydrogen-bond donors (Lipinski definition) is 3. The van der Waals surface area contributed by atoms with Gasteiger partial charge in [-0.05, 0) is 52.9 Å². The zero-order chi connectivity index (χ0) is 28.1. The van der Waals surface area contributed by atoms with Crippen LogP contribution in [0, 0.1) is 5.92 Å². The number of esters is 2. The van der Waals surface area contributed by atoms with Crippen molar-refractivity contribution in [2.24, 2.45) is 5.92 Å². The molecule has 212 valence electrons. The summed E-state index contributed by atoms with van der Waals surface area (Å²) in [5.41, 5.74) is 5.57. The fraction of sp³-hybridized carbons (Fsp3) is 0.708. The molecule has 0 aromatic carbocycles. The van der Waals surface area contributed by atoms with Crippen LogP contribution in [0.3, 0.4) is 0 Å². The van der Waals surface area contributed by atoms with Gasteiger partial charge in [-0.2, -0.15) is 0 Å².